The van der Waals surface area contributed by atoms with Gasteiger partial charge in [-0.1, -0.05) is 19.1 Å². The van der Waals surface area contributed by atoms with Crippen LogP contribution in [0.1, 0.15) is 51.1 Å². The molecule has 0 spiro atoms. The summed E-state index contributed by atoms with van der Waals surface area (Å²) < 4.78 is 6.27. The van der Waals surface area contributed by atoms with Crippen molar-refractivity contribution in [3.05, 3.63) is 29.8 Å². The molecular weight excluding hydrogens is 266 g/mol. The highest BCUT2D eigenvalue weighted by Gasteiger charge is 2.38. The van der Waals surface area contributed by atoms with Crippen LogP contribution in [0.15, 0.2) is 24.3 Å². The number of nitrogens with one attached hydrogen (secondary N) is 1. The molecule has 0 amide bonds. The molecule has 0 aromatic heterocycles. The van der Waals surface area contributed by atoms with Gasteiger partial charge in [0.1, 0.15) is 5.75 Å². The van der Waals surface area contributed by atoms with E-state index in [2.05, 4.69) is 55.2 Å². The molecule has 3 rings (SSSR count). The zero-order valence-electron chi connectivity index (χ0n) is 12.5. The lowest BCUT2D eigenvalue weighted by Crippen LogP contribution is -2.37. The molecule has 2 fully saturated rings. The maximum absolute atomic E-state index is 5.96. The maximum atomic E-state index is 5.96. The van der Waals surface area contributed by atoms with E-state index in [4.69, 9.17) is 4.74 Å². The highest BCUT2D eigenvalue weighted by molar-refractivity contribution is 8.00. The van der Waals surface area contributed by atoms with Gasteiger partial charge >= 0.3 is 0 Å². The van der Waals surface area contributed by atoms with Crippen molar-refractivity contribution in [2.75, 3.05) is 12.3 Å². The third-order valence-electron chi connectivity index (χ3n) is 4.29. The van der Waals surface area contributed by atoms with Crippen LogP contribution >= 0.6 is 11.8 Å². The average Bonchev–Trinajstić information content (AvgIpc) is 3.15. The zero-order valence-corrected chi connectivity index (χ0v) is 13.3. The largest absolute Gasteiger partial charge is 0.490 e. The second-order valence-electron chi connectivity index (χ2n) is 6.15. The van der Waals surface area contributed by atoms with Gasteiger partial charge < -0.3 is 10.1 Å². The third kappa shape index (κ3) is 3.15. The summed E-state index contributed by atoms with van der Waals surface area (Å²) in [5.41, 5.74) is 1.38. The van der Waals surface area contributed by atoms with Crippen LogP contribution in [0.2, 0.25) is 0 Å². The lowest BCUT2D eigenvalue weighted by Gasteiger charge is -2.34. The lowest BCUT2D eigenvalue weighted by molar-refractivity contribution is 0.302. The molecule has 1 saturated heterocycles. The first-order valence-electron chi connectivity index (χ1n) is 7.85. The van der Waals surface area contributed by atoms with Crippen molar-refractivity contribution < 1.29 is 4.74 Å². The first-order valence-corrected chi connectivity index (χ1v) is 8.84. The second kappa shape index (κ2) is 5.98. The summed E-state index contributed by atoms with van der Waals surface area (Å²) in [6.07, 6.45) is 5.53. The Balaban J connectivity index is 1.82. The number of ether oxygens (including phenoxy) is 1. The molecule has 0 bridgehead atoms. The van der Waals surface area contributed by atoms with E-state index in [0.717, 1.165) is 12.3 Å². The first kappa shape index (κ1) is 14.3. The summed E-state index contributed by atoms with van der Waals surface area (Å²) in [6.45, 7) is 5.61. The van der Waals surface area contributed by atoms with Crippen LogP contribution in [0.4, 0.5) is 0 Å². The number of benzene rings is 1. The van der Waals surface area contributed by atoms with Crippen LogP contribution in [0.25, 0.3) is 0 Å². The molecule has 2 nitrogen and oxygen atoms in total. The standard InChI is InChI=1S/C17H25NOS/c1-3-18-16(17(2)10-5-11-20-17)13-6-4-7-15(12-13)19-14-8-9-14/h4,6-7,12,14,16,18H,3,5,8-11H2,1-2H3. The Morgan fingerprint density at radius 3 is 2.95 bits per heavy atom. The van der Waals surface area contributed by atoms with E-state index in [0.29, 0.717) is 16.9 Å². The van der Waals surface area contributed by atoms with Gasteiger partial charge in [-0.15, -0.1) is 0 Å². The fourth-order valence-corrected chi connectivity index (χ4v) is 4.49. The molecule has 1 N–H and O–H groups in total. The monoisotopic (exact) mass is 291 g/mol. The van der Waals surface area contributed by atoms with Crippen molar-refractivity contribution >= 4 is 11.8 Å². The van der Waals surface area contributed by atoms with E-state index < -0.39 is 0 Å². The zero-order chi connectivity index (χ0) is 14.0. The van der Waals surface area contributed by atoms with Crippen molar-refractivity contribution in [3.8, 4) is 5.75 Å². The van der Waals surface area contributed by atoms with Crippen molar-refractivity contribution in [3.63, 3.8) is 0 Å². The molecule has 20 heavy (non-hydrogen) atoms. The highest BCUT2D eigenvalue weighted by Crippen LogP contribution is 2.47. The summed E-state index contributed by atoms with van der Waals surface area (Å²) >= 11 is 2.12. The van der Waals surface area contributed by atoms with Gasteiger partial charge in [-0.25, -0.2) is 0 Å². The SMILES string of the molecule is CCNC(c1cccc(OC2CC2)c1)C1(C)CCCS1. The fourth-order valence-electron chi connectivity index (χ4n) is 3.06. The topological polar surface area (TPSA) is 21.3 Å². The Labute approximate surface area is 126 Å². The van der Waals surface area contributed by atoms with E-state index in [1.165, 1.54) is 37.0 Å². The molecule has 3 heteroatoms. The molecule has 2 unspecified atom stereocenters. The van der Waals surface area contributed by atoms with E-state index in [1.54, 1.807) is 0 Å². The number of hydrogen-bond donors (Lipinski definition) is 1. The van der Waals surface area contributed by atoms with Gasteiger partial charge in [-0.3, -0.25) is 0 Å². The first-order chi connectivity index (χ1) is 9.71. The van der Waals surface area contributed by atoms with Crippen molar-refractivity contribution in [2.45, 2.75) is 56.4 Å². The second-order valence-corrected chi connectivity index (χ2v) is 7.77. The molecule has 1 heterocycles. The van der Waals surface area contributed by atoms with Gasteiger partial charge in [0.15, 0.2) is 0 Å². The van der Waals surface area contributed by atoms with E-state index in [9.17, 15) is 0 Å². The van der Waals surface area contributed by atoms with Crippen LogP contribution in [0.5, 0.6) is 5.75 Å². The van der Waals surface area contributed by atoms with Crippen LogP contribution < -0.4 is 10.1 Å². The molecule has 2 atom stereocenters. The molecule has 1 aromatic rings. The summed E-state index contributed by atoms with van der Waals surface area (Å²) in [5.74, 6) is 2.33. The summed E-state index contributed by atoms with van der Waals surface area (Å²) in [5, 5.41) is 3.70. The van der Waals surface area contributed by atoms with Crippen LogP contribution in [-0.4, -0.2) is 23.1 Å². The van der Waals surface area contributed by atoms with E-state index in [-0.39, 0.29) is 0 Å². The molecule has 1 aliphatic carbocycles. The quantitative estimate of drug-likeness (QED) is 0.850. The molecular formula is C17H25NOS. The molecule has 1 aliphatic heterocycles. The molecule has 2 aliphatic rings. The van der Waals surface area contributed by atoms with Gasteiger partial charge in [0.25, 0.3) is 0 Å². The molecule has 0 radical (unpaired) electrons. The third-order valence-corrected chi connectivity index (χ3v) is 5.88. The van der Waals surface area contributed by atoms with Crippen LogP contribution in [0, 0.1) is 0 Å². The van der Waals surface area contributed by atoms with Gasteiger partial charge in [-0.2, -0.15) is 11.8 Å². The minimum absolute atomic E-state index is 0.314. The van der Waals surface area contributed by atoms with Crippen molar-refractivity contribution in [1.29, 1.82) is 0 Å². The van der Waals surface area contributed by atoms with Crippen molar-refractivity contribution in [1.82, 2.24) is 5.32 Å². The predicted molar refractivity (Wildman–Crippen MR) is 86.6 cm³/mol. The fraction of sp³-hybridized carbons (Fsp3) is 0.647. The average molecular weight is 291 g/mol. The summed E-state index contributed by atoms with van der Waals surface area (Å²) in [4.78, 5) is 0. The predicted octanol–water partition coefficient (Wildman–Crippen LogP) is 4.16. The number of hydrogen-bond acceptors (Lipinski definition) is 3. The number of rotatable bonds is 6. The van der Waals surface area contributed by atoms with Gasteiger partial charge in [0, 0.05) is 10.8 Å². The van der Waals surface area contributed by atoms with Gasteiger partial charge in [0.2, 0.25) is 0 Å². The Bertz CT molecular complexity index is 452. The summed E-state index contributed by atoms with van der Waals surface area (Å²) in [6, 6.07) is 9.14. The van der Waals surface area contributed by atoms with Crippen molar-refractivity contribution in [2.24, 2.45) is 0 Å². The number of thioether (sulfide) groups is 1. The Morgan fingerprint density at radius 1 is 1.45 bits per heavy atom. The molecule has 110 valence electrons. The Hall–Kier alpha value is -0.670. The summed E-state index contributed by atoms with van der Waals surface area (Å²) in [7, 11) is 0. The highest BCUT2D eigenvalue weighted by atomic mass is 32.2. The van der Waals surface area contributed by atoms with Crippen LogP contribution in [-0.2, 0) is 0 Å². The minimum atomic E-state index is 0.314. The maximum Gasteiger partial charge on any atom is 0.120 e. The van der Waals surface area contributed by atoms with E-state index in [1.807, 2.05) is 0 Å². The normalized spacial score (nSPS) is 27.5. The van der Waals surface area contributed by atoms with Gasteiger partial charge in [-0.05, 0) is 62.6 Å². The van der Waals surface area contributed by atoms with E-state index >= 15 is 0 Å². The van der Waals surface area contributed by atoms with Gasteiger partial charge in [0.05, 0.1) is 6.10 Å². The smallest absolute Gasteiger partial charge is 0.120 e. The Kier molecular flexibility index (Phi) is 4.27. The Morgan fingerprint density at radius 2 is 2.30 bits per heavy atom. The minimum Gasteiger partial charge on any atom is -0.490 e. The van der Waals surface area contributed by atoms with Crippen LogP contribution in [0.3, 0.4) is 0 Å². The lowest BCUT2D eigenvalue weighted by atomic mass is 9.90. The molecule has 1 saturated carbocycles. The molecule has 1 aromatic carbocycles.